The number of carboxylic acid groups (broad SMARTS) is 2. The van der Waals surface area contributed by atoms with Crippen LogP contribution in [0.15, 0.2) is 42.6 Å². The van der Waals surface area contributed by atoms with Crippen molar-refractivity contribution in [2.45, 2.75) is 37.6 Å². The number of likely N-dealkylation sites (tertiary alicyclic amines) is 2. The molecule has 0 radical (unpaired) electrons. The lowest BCUT2D eigenvalue weighted by atomic mass is 9.84. The molecule has 2 aliphatic heterocycles. The van der Waals surface area contributed by atoms with Gasteiger partial charge in [-0.1, -0.05) is 0 Å². The summed E-state index contributed by atoms with van der Waals surface area (Å²) >= 11 is 0. The fraction of sp³-hybridized carbons (Fsp3) is 0.367. The van der Waals surface area contributed by atoms with E-state index in [9.17, 15) is 37.8 Å². The van der Waals surface area contributed by atoms with E-state index in [1.54, 1.807) is 23.1 Å². The summed E-state index contributed by atoms with van der Waals surface area (Å²) in [6.07, 6.45) is 6.78. The Morgan fingerprint density at radius 3 is 2.20 bits per heavy atom. The standard InChI is InChI=1S/C30H30F3N3O5/c31-23-13-17(14-24(32)27(23)33)1-4-26(37)35-9-7-19(8-10-35)28(30(40)41)36-11-5-18(6-12-36)22-16-34-25-3-2-20(29(38)39)15-21(22)25/h1-4,13-16,18-19,28,34H,5-12H2,(H,38,39)(H,40,41). The molecule has 3 N–H and O–H groups in total. The number of carbonyl (C=O) groups excluding carboxylic acids is 1. The van der Waals surface area contributed by atoms with Crippen LogP contribution in [0.3, 0.4) is 0 Å². The average Bonchev–Trinajstić information content (AvgIpc) is 3.38. The fourth-order valence-corrected chi connectivity index (χ4v) is 6.14. The van der Waals surface area contributed by atoms with Crippen LogP contribution in [0.5, 0.6) is 0 Å². The van der Waals surface area contributed by atoms with Gasteiger partial charge in [-0.15, -0.1) is 0 Å². The number of hydrogen-bond donors (Lipinski definition) is 3. The summed E-state index contributed by atoms with van der Waals surface area (Å²) in [7, 11) is 0. The molecule has 1 atom stereocenters. The highest BCUT2D eigenvalue weighted by atomic mass is 19.2. The Balaban J connectivity index is 1.18. The zero-order valence-electron chi connectivity index (χ0n) is 22.2. The fourth-order valence-electron chi connectivity index (χ4n) is 6.14. The summed E-state index contributed by atoms with van der Waals surface area (Å²) in [5.74, 6) is -6.47. The third-order valence-corrected chi connectivity index (χ3v) is 8.30. The molecule has 0 aliphatic carbocycles. The second-order valence-electron chi connectivity index (χ2n) is 10.7. The van der Waals surface area contributed by atoms with Crippen LogP contribution in [0.1, 0.15) is 53.1 Å². The number of benzene rings is 2. The van der Waals surface area contributed by atoms with E-state index in [4.69, 9.17) is 0 Å². The van der Waals surface area contributed by atoms with Gasteiger partial charge in [-0.2, -0.15) is 0 Å². The minimum absolute atomic E-state index is 0.0222. The molecule has 0 bridgehead atoms. The minimum atomic E-state index is -1.57. The number of halogens is 3. The first-order chi connectivity index (χ1) is 19.6. The highest BCUT2D eigenvalue weighted by molar-refractivity contribution is 5.95. The zero-order chi connectivity index (χ0) is 29.3. The number of carboxylic acids is 2. The zero-order valence-corrected chi connectivity index (χ0v) is 22.2. The number of rotatable bonds is 7. The number of amides is 1. The predicted octanol–water partition coefficient (Wildman–Crippen LogP) is 4.87. The molecule has 0 spiro atoms. The van der Waals surface area contributed by atoms with Crippen LogP contribution in [0.4, 0.5) is 13.2 Å². The van der Waals surface area contributed by atoms with Crippen LogP contribution < -0.4 is 0 Å². The molecule has 1 unspecified atom stereocenters. The molecule has 1 aromatic heterocycles. The topological polar surface area (TPSA) is 114 Å². The number of aromatic amines is 1. The van der Waals surface area contributed by atoms with Crippen LogP contribution in [0, 0.1) is 23.4 Å². The van der Waals surface area contributed by atoms with Gasteiger partial charge < -0.3 is 20.1 Å². The van der Waals surface area contributed by atoms with Gasteiger partial charge in [0.2, 0.25) is 5.91 Å². The molecule has 3 heterocycles. The lowest BCUT2D eigenvalue weighted by Crippen LogP contribution is -2.52. The molecule has 1 amide bonds. The van der Waals surface area contributed by atoms with E-state index >= 15 is 0 Å². The molecule has 2 aromatic carbocycles. The lowest BCUT2D eigenvalue weighted by molar-refractivity contribution is -0.147. The number of aromatic carboxylic acids is 1. The maximum atomic E-state index is 13.4. The van der Waals surface area contributed by atoms with Gasteiger partial charge in [-0.3, -0.25) is 14.5 Å². The van der Waals surface area contributed by atoms with E-state index < -0.39 is 35.4 Å². The van der Waals surface area contributed by atoms with E-state index in [1.807, 2.05) is 11.1 Å². The molecule has 5 rings (SSSR count). The van der Waals surface area contributed by atoms with Crippen molar-refractivity contribution in [2.24, 2.45) is 5.92 Å². The Labute approximate surface area is 234 Å². The molecular weight excluding hydrogens is 539 g/mol. The Morgan fingerprint density at radius 1 is 0.927 bits per heavy atom. The van der Waals surface area contributed by atoms with Gasteiger partial charge in [0, 0.05) is 36.3 Å². The quantitative estimate of drug-likeness (QED) is 0.277. The first-order valence-electron chi connectivity index (χ1n) is 13.5. The van der Waals surface area contributed by atoms with Crippen LogP contribution in [-0.4, -0.2) is 75.1 Å². The van der Waals surface area contributed by atoms with Crippen molar-refractivity contribution in [3.8, 4) is 0 Å². The maximum absolute atomic E-state index is 13.4. The predicted molar refractivity (Wildman–Crippen MR) is 145 cm³/mol. The van der Waals surface area contributed by atoms with E-state index in [0.717, 1.165) is 41.4 Å². The number of carbonyl (C=O) groups is 3. The Hall–Kier alpha value is -4.12. The van der Waals surface area contributed by atoms with E-state index in [1.165, 1.54) is 12.2 Å². The first-order valence-corrected chi connectivity index (χ1v) is 13.5. The largest absolute Gasteiger partial charge is 0.480 e. The summed E-state index contributed by atoms with van der Waals surface area (Å²) in [4.78, 5) is 43.2. The summed E-state index contributed by atoms with van der Waals surface area (Å²) in [5.41, 5.74) is 2.15. The Morgan fingerprint density at radius 2 is 1.59 bits per heavy atom. The van der Waals surface area contributed by atoms with Crippen LogP contribution in [-0.2, 0) is 9.59 Å². The van der Waals surface area contributed by atoms with Gasteiger partial charge in [-0.05, 0) is 98.1 Å². The number of piperidine rings is 2. The molecule has 3 aromatic rings. The van der Waals surface area contributed by atoms with Crippen molar-refractivity contribution in [2.75, 3.05) is 26.2 Å². The normalized spacial score (nSPS) is 18.3. The molecule has 2 fully saturated rings. The van der Waals surface area contributed by atoms with Crippen molar-refractivity contribution < 1.29 is 37.8 Å². The summed E-state index contributed by atoms with van der Waals surface area (Å²) in [6.45, 7) is 1.86. The molecule has 11 heteroatoms. The SMILES string of the molecule is O=C(O)c1ccc2[nH]cc(C3CCN(C(C(=O)O)C4CCN(C(=O)C=Cc5cc(F)c(F)c(F)c5)CC4)CC3)c2c1. The lowest BCUT2D eigenvalue weighted by Gasteiger charge is -2.41. The highest BCUT2D eigenvalue weighted by Crippen LogP contribution is 2.36. The molecule has 216 valence electrons. The van der Waals surface area contributed by atoms with Gasteiger partial charge >= 0.3 is 11.9 Å². The van der Waals surface area contributed by atoms with Crippen molar-refractivity contribution in [3.05, 3.63) is 76.7 Å². The molecule has 2 saturated heterocycles. The highest BCUT2D eigenvalue weighted by Gasteiger charge is 2.38. The summed E-state index contributed by atoms with van der Waals surface area (Å²) < 4.78 is 40.0. The van der Waals surface area contributed by atoms with Gasteiger partial charge in [0.05, 0.1) is 5.56 Å². The van der Waals surface area contributed by atoms with Crippen molar-refractivity contribution in [1.29, 1.82) is 0 Å². The third kappa shape index (κ3) is 6.00. The van der Waals surface area contributed by atoms with Gasteiger partial charge in [0.25, 0.3) is 0 Å². The van der Waals surface area contributed by atoms with Crippen LogP contribution >= 0.6 is 0 Å². The molecule has 0 saturated carbocycles. The summed E-state index contributed by atoms with van der Waals surface area (Å²) in [5, 5.41) is 20.4. The van der Waals surface area contributed by atoms with Gasteiger partial charge in [0.15, 0.2) is 17.5 Å². The van der Waals surface area contributed by atoms with Crippen LogP contribution in [0.25, 0.3) is 17.0 Å². The molecule has 8 nitrogen and oxygen atoms in total. The van der Waals surface area contributed by atoms with E-state index in [2.05, 4.69) is 4.98 Å². The second kappa shape index (κ2) is 11.8. The number of nitrogens with one attached hydrogen (secondary N) is 1. The first kappa shape index (κ1) is 28.4. The number of nitrogens with zero attached hydrogens (tertiary/aromatic N) is 2. The third-order valence-electron chi connectivity index (χ3n) is 8.30. The van der Waals surface area contributed by atoms with Gasteiger partial charge in [0.1, 0.15) is 6.04 Å². The molecular formula is C30H30F3N3O5. The van der Waals surface area contributed by atoms with Crippen molar-refractivity contribution in [1.82, 2.24) is 14.8 Å². The molecule has 41 heavy (non-hydrogen) atoms. The summed E-state index contributed by atoms with van der Waals surface area (Å²) in [6, 6.07) is 5.93. The number of aliphatic carboxylic acids is 1. The number of hydrogen-bond acceptors (Lipinski definition) is 4. The minimum Gasteiger partial charge on any atom is -0.480 e. The molecule has 2 aliphatic rings. The Kier molecular flexibility index (Phi) is 8.16. The van der Waals surface area contributed by atoms with Crippen molar-refractivity contribution >= 4 is 34.8 Å². The maximum Gasteiger partial charge on any atom is 0.335 e. The smallest absolute Gasteiger partial charge is 0.335 e. The number of fused-ring (bicyclic) bond motifs is 1. The average molecular weight is 570 g/mol. The van der Waals surface area contributed by atoms with E-state index in [-0.39, 0.29) is 28.9 Å². The monoisotopic (exact) mass is 569 g/mol. The Bertz CT molecular complexity index is 1480. The number of H-pyrrole nitrogens is 1. The van der Waals surface area contributed by atoms with E-state index in [0.29, 0.717) is 39.0 Å². The number of aromatic nitrogens is 1. The van der Waals surface area contributed by atoms with Crippen molar-refractivity contribution in [3.63, 3.8) is 0 Å². The second-order valence-corrected chi connectivity index (χ2v) is 10.7. The van der Waals surface area contributed by atoms with Crippen LogP contribution in [0.2, 0.25) is 0 Å². The van der Waals surface area contributed by atoms with Gasteiger partial charge in [-0.25, -0.2) is 18.0 Å².